The largest absolute Gasteiger partial charge is 0.494 e. The lowest BCUT2D eigenvalue weighted by molar-refractivity contribution is 0.102. The minimum Gasteiger partial charge on any atom is -0.494 e. The van der Waals surface area contributed by atoms with Crippen LogP contribution < -0.4 is 14.8 Å². The van der Waals surface area contributed by atoms with Crippen LogP contribution in [0.25, 0.3) is 0 Å². The monoisotopic (exact) mass is 313 g/mol. The van der Waals surface area contributed by atoms with E-state index in [1.807, 2.05) is 50.2 Å². The minimum atomic E-state index is -0.165. The summed E-state index contributed by atoms with van der Waals surface area (Å²) in [5.41, 5.74) is 1.29. The van der Waals surface area contributed by atoms with Crippen LogP contribution in [0, 0.1) is 0 Å². The van der Waals surface area contributed by atoms with E-state index in [4.69, 9.17) is 9.47 Å². The number of anilines is 1. The average molecular weight is 313 g/mol. The number of ether oxygens (including phenoxy) is 2. The van der Waals surface area contributed by atoms with Crippen LogP contribution >= 0.6 is 0 Å². The fourth-order valence-electron chi connectivity index (χ4n) is 2.04. The Labute approximate surface area is 137 Å². The van der Waals surface area contributed by atoms with Crippen molar-refractivity contribution in [2.45, 2.75) is 33.3 Å². The normalized spacial score (nSPS) is 10.4. The molecule has 0 bridgehead atoms. The van der Waals surface area contributed by atoms with Crippen LogP contribution in [0.3, 0.4) is 0 Å². The maximum absolute atomic E-state index is 12.3. The highest BCUT2D eigenvalue weighted by atomic mass is 16.5. The number of nitrogens with one attached hydrogen (secondary N) is 1. The van der Waals surface area contributed by atoms with E-state index in [2.05, 4.69) is 12.2 Å². The Bertz CT molecular complexity index is 635. The molecule has 0 saturated heterocycles. The second kappa shape index (κ2) is 8.22. The van der Waals surface area contributed by atoms with Crippen LogP contribution in [0.5, 0.6) is 11.5 Å². The lowest BCUT2D eigenvalue weighted by Crippen LogP contribution is -2.12. The summed E-state index contributed by atoms with van der Waals surface area (Å²) in [6.07, 6.45) is 1.04. The molecule has 0 unspecified atom stereocenters. The molecular weight excluding hydrogens is 290 g/mol. The van der Waals surface area contributed by atoms with Crippen LogP contribution in [-0.4, -0.2) is 18.6 Å². The molecule has 0 aliphatic heterocycles. The van der Waals surface area contributed by atoms with Gasteiger partial charge in [0.2, 0.25) is 0 Å². The van der Waals surface area contributed by atoms with E-state index < -0.39 is 0 Å². The van der Waals surface area contributed by atoms with Crippen molar-refractivity contribution in [3.05, 3.63) is 54.1 Å². The standard InChI is InChI=1S/C19H23NO3/c1-4-12-22-17-10-8-16(9-11-17)20-19(21)15-6-5-7-18(13-15)23-14(2)3/h5-11,13-14H,4,12H2,1-3H3,(H,20,21). The van der Waals surface area contributed by atoms with Gasteiger partial charge in [0, 0.05) is 11.3 Å². The van der Waals surface area contributed by atoms with Crippen LogP contribution in [0.1, 0.15) is 37.6 Å². The molecule has 1 amide bonds. The Morgan fingerprint density at radius 1 is 1.09 bits per heavy atom. The number of benzene rings is 2. The molecule has 0 saturated carbocycles. The van der Waals surface area contributed by atoms with Crippen molar-refractivity contribution in [2.75, 3.05) is 11.9 Å². The van der Waals surface area contributed by atoms with Crippen molar-refractivity contribution in [1.29, 1.82) is 0 Å². The van der Waals surface area contributed by atoms with Gasteiger partial charge in [-0.15, -0.1) is 0 Å². The molecule has 4 heteroatoms. The van der Waals surface area contributed by atoms with Gasteiger partial charge in [-0.2, -0.15) is 0 Å². The summed E-state index contributed by atoms with van der Waals surface area (Å²) in [6.45, 7) is 6.66. The van der Waals surface area contributed by atoms with Crippen LogP contribution in [0.2, 0.25) is 0 Å². The molecule has 0 fully saturated rings. The Kier molecular flexibility index (Phi) is 6.03. The summed E-state index contributed by atoms with van der Waals surface area (Å²) in [6, 6.07) is 14.5. The highest BCUT2D eigenvalue weighted by molar-refractivity contribution is 6.04. The number of carbonyl (C=O) groups excluding carboxylic acids is 1. The molecule has 0 atom stereocenters. The summed E-state index contributed by atoms with van der Waals surface area (Å²) < 4.78 is 11.1. The van der Waals surface area contributed by atoms with Gasteiger partial charge in [0.1, 0.15) is 11.5 Å². The van der Waals surface area contributed by atoms with E-state index in [0.717, 1.165) is 17.9 Å². The summed E-state index contributed by atoms with van der Waals surface area (Å²) in [4.78, 5) is 12.3. The first-order valence-electron chi connectivity index (χ1n) is 7.89. The molecule has 0 heterocycles. The smallest absolute Gasteiger partial charge is 0.255 e. The summed E-state index contributed by atoms with van der Waals surface area (Å²) in [7, 11) is 0. The van der Waals surface area contributed by atoms with E-state index in [0.29, 0.717) is 17.9 Å². The van der Waals surface area contributed by atoms with Crippen molar-refractivity contribution < 1.29 is 14.3 Å². The van der Waals surface area contributed by atoms with Crippen molar-refractivity contribution in [3.63, 3.8) is 0 Å². The topological polar surface area (TPSA) is 47.6 Å². The third-order valence-corrected chi connectivity index (χ3v) is 3.05. The molecule has 2 aromatic rings. The molecule has 23 heavy (non-hydrogen) atoms. The highest BCUT2D eigenvalue weighted by Crippen LogP contribution is 2.19. The SMILES string of the molecule is CCCOc1ccc(NC(=O)c2cccc(OC(C)C)c2)cc1. The maximum atomic E-state index is 12.3. The third kappa shape index (κ3) is 5.33. The van der Waals surface area contributed by atoms with Crippen molar-refractivity contribution in [2.24, 2.45) is 0 Å². The van der Waals surface area contributed by atoms with Gasteiger partial charge in [0.05, 0.1) is 12.7 Å². The zero-order valence-corrected chi connectivity index (χ0v) is 13.8. The lowest BCUT2D eigenvalue weighted by atomic mass is 10.2. The molecule has 0 spiro atoms. The van der Waals surface area contributed by atoms with Crippen molar-refractivity contribution >= 4 is 11.6 Å². The molecule has 2 rings (SSSR count). The summed E-state index contributed by atoms with van der Waals surface area (Å²) in [5, 5.41) is 2.87. The van der Waals surface area contributed by atoms with Gasteiger partial charge in [0.15, 0.2) is 0 Å². The lowest BCUT2D eigenvalue weighted by Gasteiger charge is -2.11. The summed E-state index contributed by atoms with van der Waals surface area (Å²) >= 11 is 0. The van der Waals surface area contributed by atoms with E-state index in [9.17, 15) is 4.79 Å². The number of rotatable bonds is 7. The number of amides is 1. The fraction of sp³-hybridized carbons (Fsp3) is 0.316. The molecule has 1 N–H and O–H groups in total. The second-order valence-corrected chi connectivity index (χ2v) is 5.52. The van der Waals surface area contributed by atoms with Crippen LogP contribution in [0.4, 0.5) is 5.69 Å². The molecule has 0 aromatic heterocycles. The number of hydrogen-bond acceptors (Lipinski definition) is 3. The zero-order valence-electron chi connectivity index (χ0n) is 13.8. The average Bonchev–Trinajstić information content (AvgIpc) is 2.54. The first-order valence-corrected chi connectivity index (χ1v) is 7.89. The Morgan fingerprint density at radius 3 is 2.48 bits per heavy atom. The van der Waals surface area contributed by atoms with Gasteiger partial charge < -0.3 is 14.8 Å². The first-order chi connectivity index (χ1) is 11.1. The fourth-order valence-corrected chi connectivity index (χ4v) is 2.04. The van der Waals surface area contributed by atoms with Gasteiger partial charge in [-0.3, -0.25) is 4.79 Å². The Morgan fingerprint density at radius 2 is 1.83 bits per heavy atom. The quantitative estimate of drug-likeness (QED) is 0.818. The van der Waals surface area contributed by atoms with E-state index in [1.165, 1.54) is 0 Å². The zero-order chi connectivity index (χ0) is 16.7. The van der Waals surface area contributed by atoms with Gasteiger partial charge in [-0.1, -0.05) is 13.0 Å². The van der Waals surface area contributed by atoms with E-state index in [-0.39, 0.29) is 12.0 Å². The van der Waals surface area contributed by atoms with Gasteiger partial charge >= 0.3 is 0 Å². The van der Waals surface area contributed by atoms with E-state index >= 15 is 0 Å². The third-order valence-electron chi connectivity index (χ3n) is 3.05. The minimum absolute atomic E-state index is 0.0731. The van der Waals surface area contributed by atoms with Crippen LogP contribution in [0.15, 0.2) is 48.5 Å². The second-order valence-electron chi connectivity index (χ2n) is 5.52. The van der Waals surface area contributed by atoms with Crippen LogP contribution in [-0.2, 0) is 0 Å². The number of hydrogen-bond donors (Lipinski definition) is 1. The first kappa shape index (κ1) is 16.9. The Balaban J connectivity index is 2.01. The van der Waals surface area contributed by atoms with E-state index in [1.54, 1.807) is 12.1 Å². The molecule has 4 nitrogen and oxygen atoms in total. The molecule has 0 radical (unpaired) electrons. The van der Waals surface area contributed by atoms with Gasteiger partial charge in [-0.05, 0) is 62.7 Å². The number of carbonyl (C=O) groups is 1. The predicted molar refractivity (Wildman–Crippen MR) is 92.4 cm³/mol. The molecular formula is C19H23NO3. The van der Waals surface area contributed by atoms with Gasteiger partial charge in [0.25, 0.3) is 5.91 Å². The molecule has 0 aliphatic carbocycles. The molecule has 122 valence electrons. The van der Waals surface area contributed by atoms with Gasteiger partial charge in [-0.25, -0.2) is 0 Å². The van der Waals surface area contributed by atoms with Crippen molar-refractivity contribution in [1.82, 2.24) is 0 Å². The summed E-state index contributed by atoms with van der Waals surface area (Å²) in [5.74, 6) is 1.33. The molecule has 0 aliphatic rings. The Hall–Kier alpha value is -2.49. The molecule has 2 aromatic carbocycles. The van der Waals surface area contributed by atoms with Crippen molar-refractivity contribution in [3.8, 4) is 11.5 Å². The highest BCUT2D eigenvalue weighted by Gasteiger charge is 2.08. The maximum Gasteiger partial charge on any atom is 0.255 e. The predicted octanol–water partition coefficient (Wildman–Crippen LogP) is 4.51.